The molecule has 0 N–H and O–H groups in total. The van der Waals surface area contributed by atoms with Crippen LogP contribution in [0.1, 0.15) is 18.1 Å². The minimum absolute atomic E-state index is 0.115. The molecule has 0 fully saturated rings. The minimum Gasteiger partial charge on any atom is -0.290 e. The molecule has 0 aliphatic rings. The summed E-state index contributed by atoms with van der Waals surface area (Å²) in [5.74, 6) is 0. The maximum Gasteiger partial charge on any atom is 0.181 e. The maximum absolute atomic E-state index is 11.4. The average molecular weight is 174 g/mol. The van der Waals surface area contributed by atoms with Gasteiger partial charge in [-0.05, 0) is 37.5 Å². The third kappa shape index (κ3) is 2.86. The van der Waals surface area contributed by atoms with Gasteiger partial charge in [0.25, 0.3) is 0 Å². The molecule has 0 heterocycles. The van der Waals surface area contributed by atoms with Crippen LogP contribution in [-0.2, 0) is 6.42 Å². The highest BCUT2D eigenvalue weighted by molar-refractivity contribution is 5.21. The van der Waals surface area contributed by atoms with Crippen molar-refractivity contribution >= 4 is 0 Å². The Labute approximate surface area is 78.7 Å². The Bertz CT molecular complexity index is 364. The van der Waals surface area contributed by atoms with Crippen molar-refractivity contribution in [3.63, 3.8) is 0 Å². The molecule has 1 heteroatoms. The summed E-state index contributed by atoms with van der Waals surface area (Å²) < 4.78 is 0. The van der Waals surface area contributed by atoms with Gasteiger partial charge in [0.1, 0.15) is 0 Å². The van der Waals surface area contributed by atoms with Crippen LogP contribution in [0.3, 0.4) is 0 Å². The Balaban J connectivity index is 3.06. The zero-order valence-corrected chi connectivity index (χ0v) is 8.08. The molecule has 1 nitrogen and oxygen atoms in total. The van der Waals surface area contributed by atoms with E-state index in [1.165, 1.54) is 0 Å². The fraction of sp³-hybridized carbons (Fsp3) is 0.250. The quantitative estimate of drug-likeness (QED) is 0.629. The monoisotopic (exact) mass is 174 g/mol. The first-order valence-electron chi connectivity index (χ1n) is 4.45. The smallest absolute Gasteiger partial charge is 0.181 e. The third-order valence-corrected chi connectivity index (χ3v) is 1.95. The number of rotatable bonds is 2. The molecule has 0 atom stereocenters. The molecule has 1 rings (SSSR count). The van der Waals surface area contributed by atoms with Crippen molar-refractivity contribution in [3.8, 4) is 0 Å². The van der Waals surface area contributed by atoms with E-state index < -0.39 is 0 Å². The molecule has 0 saturated heterocycles. The lowest BCUT2D eigenvalue weighted by Crippen LogP contribution is -1.99. The van der Waals surface area contributed by atoms with Gasteiger partial charge in [0.05, 0.1) is 0 Å². The second kappa shape index (κ2) is 4.61. The first-order chi connectivity index (χ1) is 6.24. The van der Waals surface area contributed by atoms with Gasteiger partial charge in [-0.15, -0.1) is 0 Å². The van der Waals surface area contributed by atoms with E-state index in [2.05, 4.69) is 0 Å². The zero-order valence-electron chi connectivity index (χ0n) is 8.08. The van der Waals surface area contributed by atoms with Gasteiger partial charge in [0.2, 0.25) is 0 Å². The molecule has 1 aromatic rings. The summed E-state index contributed by atoms with van der Waals surface area (Å²) in [6.45, 7) is 3.81. The van der Waals surface area contributed by atoms with Crippen molar-refractivity contribution in [1.82, 2.24) is 0 Å². The van der Waals surface area contributed by atoms with Crippen molar-refractivity contribution in [2.24, 2.45) is 0 Å². The molecule has 0 aromatic heterocycles. The van der Waals surface area contributed by atoms with E-state index in [4.69, 9.17) is 0 Å². The van der Waals surface area contributed by atoms with Crippen LogP contribution < -0.4 is 5.43 Å². The Kier molecular flexibility index (Phi) is 3.44. The molecule has 0 unspecified atom stereocenters. The van der Waals surface area contributed by atoms with Gasteiger partial charge in [-0.25, -0.2) is 0 Å². The lowest BCUT2D eigenvalue weighted by atomic mass is 10.2. The number of aryl methyl sites for hydroxylation is 1. The molecule has 0 saturated carbocycles. The van der Waals surface area contributed by atoms with Crippen LogP contribution in [0.4, 0.5) is 0 Å². The predicted molar refractivity (Wildman–Crippen MR) is 56.0 cm³/mol. The van der Waals surface area contributed by atoms with E-state index >= 15 is 0 Å². The Morgan fingerprint density at radius 3 is 2.85 bits per heavy atom. The summed E-state index contributed by atoms with van der Waals surface area (Å²) in [5.41, 5.74) is 1.98. The molecule has 0 amide bonds. The molecule has 1 aromatic carbocycles. The van der Waals surface area contributed by atoms with Crippen LogP contribution in [0, 0.1) is 6.92 Å². The normalized spacial score (nSPS) is 10.6. The minimum atomic E-state index is 0.115. The lowest BCUT2D eigenvalue weighted by Gasteiger charge is -1.87. The summed E-state index contributed by atoms with van der Waals surface area (Å²) in [4.78, 5) is 11.4. The van der Waals surface area contributed by atoms with Gasteiger partial charge in [0, 0.05) is 0 Å². The Morgan fingerprint density at radius 2 is 2.15 bits per heavy atom. The zero-order chi connectivity index (χ0) is 9.68. The number of hydrogen-bond acceptors (Lipinski definition) is 1. The molecule has 0 spiro atoms. The number of hydrogen-bond donors (Lipinski definition) is 0. The van der Waals surface area contributed by atoms with Crippen molar-refractivity contribution in [3.05, 3.63) is 57.8 Å². The van der Waals surface area contributed by atoms with Crippen LogP contribution in [0.25, 0.3) is 0 Å². The second-order valence-corrected chi connectivity index (χ2v) is 3.07. The maximum atomic E-state index is 11.4. The van der Waals surface area contributed by atoms with Crippen LogP contribution in [-0.4, -0.2) is 0 Å². The fourth-order valence-corrected chi connectivity index (χ4v) is 1.11. The van der Waals surface area contributed by atoms with Gasteiger partial charge < -0.3 is 0 Å². The van der Waals surface area contributed by atoms with Crippen molar-refractivity contribution in [2.75, 3.05) is 0 Å². The van der Waals surface area contributed by atoms with Gasteiger partial charge in [-0.2, -0.15) is 0 Å². The van der Waals surface area contributed by atoms with E-state index in [9.17, 15) is 4.79 Å². The molecule has 13 heavy (non-hydrogen) atoms. The Hall–Kier alpha value is -1.37. The van der Waals surface area contributed by atoms with Crippen molar-refractivity contribution < 1.29 is 0 Å². The Morgan fingerprint density at radius 1 is 1.38 bits per heavy atom. The van der Waals surface area contributed by atoms with E-state index in [1.807, 2.05) is 44.2 Å². The van der Waals surface area contributed by atoms with Crippen LogP contribution >= 0.6 is 0 Å². The second-order valence-electron chi connectivity index (χ2n) is 3.07. The average Bonchev–Trinajstić information content (AvgIpc) is 2.26. The summed E-state index contributed by atoms with van der Waals surface area (Å²) in [6, 6.07) is 7.46. The molecule has 0 bridgehead atoms. The van der Waals surface area contributed by atoms with E-state index in [0.29, 0.717) is 0 Å². The van der Waals surface area contributed by atoms with E-state index in [-0.39, 0.29) is 5.43 Å². The summed E-state index contributed by atoms with van der Waals surface area (Å²) in [6.07, 6.45) is 4.87. The van der Waals surface area contributed by atoms with Gasteiger partial charge in [-0.3, -0.25) is 4.79 Å². The molecule has 0 aliphatic heterocycles. The molecular weight excluding hydrogens is 160 g/mol. The highest BCUT2D eigenvalue weighted by Crippen LogP contribution is 1.98. The van der Waals surface area contributed by atoms with Crippen molar-refractivity contribution in [1.29, 1.82) is 0 Å². The van der Waals surface area contributed by atoms with Crippen LogP contribution in [0.5, 0.6) is 0 Å². The highest BCUT2D eigenvalue weighted by Gasteiger charge is 1.91. The van der Waals surface area contributed by atoms with Gasteiger partial charge >= 0.3 is 0 Å². The molecule has 0 aliphatic carbocycles. The predicted octanol–water partition coefficient (Wildman–Crippen LogP) is 2.47. The largest absolute Gasteiger partial charge is 0.290 e. The highest BCUT2D eigenvalue weighted by atomic mass is 16.1. The fourth-order valence-electron chi connectivity index (χ4n) is 1.11. The third-order valence-electron chi connectivity index (χ3n) is 1.95. The van der Waals surface area contributed by atoms with E-state index in [0.717, 1.165) is 17.5 Å². The standard InChI is InChI=1S/C12H14O/c1-3-4-7-11-8-5-6-10(2)12(13)9-11/h3-6,8-9H,7H2,1-2H3/b4-3+. The summed E-state index contributed by atoms with van der Waals surface area (Å²) >= 11 is 0. The van der Waals surface area contributed by atoms with Crippen LogP contribution in [0.2, 0.25) is 0 Å². The van der Waals surface area contributed by atoms with Crippen molar-refractivity contribution in [2.45, 2.75) is 20.3 Å². The van der Waals surface area contributed by atoms with E-state index in [1.54, 1.807) is 6.07 Å². The molecule has 68 valence electrons. The topological polar surface area (TPSA) is 17.1 Å². The first kappa shape index (κ1) is 9.72. The SMILES string of the molecule is C/C=C/Cc1cccc(C)c(=O)c1. The number of allylic oxidation sites excluding steroid dienone is 2. The molecule has 0 radical (unpaired) electrons. The first-order valence-corrected chi connectivity index (χ1v) is 4.45. The molecular formula is C12H14O. The van der Waals surface area contributed by atoms with Gasteiger partial charge in [-0.1, -0.05) is 30.4 Å². The van der Waals surface area contributed by atoms with Crippen LogP contribution in [0.15, 0.2) is 41.2 Å². The lowest BCUT2D eigenvalue weighted by molar-refractivity contribution is 1.26. The summed E-state index contributed by atoms with van der Waals surface area (Å²) in [7, 11) is 0. The summed E-state index contributed by atoms with van der Waals surface area (Å²) in [5, 5.41) is 0. The van der Waals surface area contributed by atoms with Gasteiger partial charge in [0.15, 0.2) is 5.43 Å².